The Morgan fingerprint density at radius 1 is 1.33 bits per heavy atom. The zero-order chi connectivity index (χ0) is 19.1. The van der Waals surface area contributed by atoms with Crippen molar-refractivity contribution in [3.63, 3.8) is 0 Å². The molecule has 8 heteroatoms. The molecule has 27 heavy (non-hydrogen) atoms. The lowest BCUT2D eigenvalue weighted by Gasteiger charge is -2.23. The molecule has 3 heterocycles. The van der Waals surface area contributed by atoms with Gasteiger partial charge in [0.05, 0.1) is 12.5 Å². The summed E-state index contributed by atoms with van der Waals surface area (Å²) in [5, 5.41) is 10.6. The summed E-state index contributed by atoms with van der Waals surface area (Å²) in [6.45, 7) is 2.67. The summed E-state index contributed by atoms with van der Waals surface area (Å²) >= 11 is 7.71. The average molecular weight is 404 g/mol. The second-order valence-electron chi connectivity index (χ2n) is 6.45. The fourth-order valence-corrected chi connectivity index (χ4v) is 4.91. The Kier molecular flexibility index (Phi) is 4.65. The third kappa shape index (κ3) is 3.11. The molecule has 1 saturated heterocycles. The highest BCUT2D eigenvalue weighted by Crippen LogP contribution is 2.43. The Morgan fingerprint density at radius 3 is 2.74 bits per heavy atom. The molecule has 0 amide bonds. The molecule has 3 aromatic rings. The average Bonchev–Trinajstić information content (AvgIpc) is 3.25. The molecule has 140 valence electrons. The van der Waals surface area contributed by atoms with Crippen LogP contribution in [0.2, 0.25) is 5.28 Å². The van der Waals surface area contributed by atoms with E-state index in [0.717, 1.165) is 38.4 Å². The lowest BCUT2D eigenvalue weighted by Crippen LogP contribution is -2.36. The summed E-state index contributed by atoms with van der Waals surface area (Å²) in [5.41, 5.74) is 2.03. The fourth-order valence-electron chi connectivity index (χ4n) is 3.66. The molecule has 2 aromatic heterocycles. The van der Waals surface area contributed by atoms with Gasteiger partial charge in [0.1, 0.15) is 22.4 Å². The first-order valence-electron chi connectivity index (χ1n) is 8.60. The third-order valence-corrected chi connectivity index (χ3v) is 6.04. The van der Waals surface area contributed by atoms with Crippen LogP contribution in [0.15, 0.2) is 24.3 Å². The fraction of sp³-hybridized carbons (Fsp3) is 0.316. The van der Waals surface area contributed by atoms with Crippen molar-refractivity contribution in [3.8, 4) is 16.9 Å². The standard InChI is InChI=1S/C19H18ClN3O3S/c1-10-14(11-5-7-12(26-2)8-6-11)15-16(21-19(20)22-17(15)27-10)23-9-3-4-13(23)18(24)25/h5-8,13H,3-4,9H2,1-2H3,(H,24,25). The molecule has 0 bridgehead atoms. The van der Waals surface area contributed by atoms with Crippen molar-refractivity contribution >= 4 is 44.9 Å². The predicted octanol–water partition coefficient (Wildman–Crippen LogP) is 4.38. The summed E-state index contributed by atoms with van der Waals surface area (Å²) in [4.78, 5) is 24.2. The van der Waals surface area contributed by atoms with Gasteiger partial charge in [0.25, 0.3) is 0 Å². The van der Waals surface area contributed by atoms with Crippen LogP contribution >= 0.6 is 22.9 Å². The number of ether oxygens (including phenoxy) is 1. The molecule has 1 aliphatic heterocycles. The lowest BCUT2D eigenvalue weighted by atomic mass is 10.0. The number of methoxy groups -OCH3 is 1. The van der Waals surface area contributed by atoms with Crippen LogP contribution < -0.4 is 9.64 Å². The Morgan fingerprint density at radius 2 is 2.07 bits per heavy atom. The zero-order valence-electron chi connectivity index (χ0n) is 14.9. The molecule has 1 aromatic carbocycles. The van der Waals surface area contributed by atoms with Crippen LogP contribution in [-0.4, -0.2) is 40.7 Å². The molecule has 0 saturated carbocycles. The second-order valence-corrected chi connectivity index (χ2v) is 7.99. The summed E-state index contributed by atoms with van der Waals surface area (Å²) < 4.78 is 5.25. The molecular formula is C19H18ClN3O3S. The van der Waals surface area contributed by atoms with E-state index in [1.165, 1.54) is 11.3 Å². The second kappa shape index (κ2) is 6.98. The van der Waals surface area contributed by atoms with Gasteiger partial charge < -0.3 is 14.7 Å². The van der Waals surface area contributed by atoms with Crippen LogP contribution in [0.1, 0.15) is 17.7 Å². The number of halogens is 1. The summed E-state index contributed by atoms with van der Waals surface area (Å²) in [5.74, 6) is 0.541. The Bertz CT molecular complexity index is 1020. The normalized spacial score (nSPS) is 16.9. The van der Waals surface area contributed by atoms with E-state index in [0.29, 0.717) is 18.8 Å². The topological polar surface area (TPSA) is 75.6 Å². The number of carboxylic acid groups (broad SMARTS) is 1. The van der Waals surface area contributed by atoms with Gasteiger partial charge in [-0.25, -0.2) is 9.78 Å². The third-order valence-electron chi connectivity index (χ3n) is 4.87. The largest absolute Gasteiger partial charge is 0.497 e. The van der Waals surface area contributed by atoms with Crippen LogP contribution in [0.4, 0.5) is 5.82 Å². The zero-order valence-corrected chi connectivity index (χ0v) is 16.5. The van der Waals surface area contributed by atoms with E-state index >= 15 is 0 Å². The number of carboxylic acids is 1. The van der Waals surface area contributed by atoms with Crippen molar-refractivity contribution in [2.24, 2.45) is 0 Å². The van der Waals surface area contributed by atoms with Gasteiger partial charge in [-0.15, -0.1) is 11.3 Å². The number of rotatable bonds is 4. The minimum absolute atomic E-state index is 0.135. The number of aliphatic carboxylic acids is 1. The van der Waals surface area contributed by atoms with Crippen LogP contribution in [-0.2, 0) is 4.79 Å². The first-order valence-corrected chi connectivity index (χ1v) is 9.79. The van der Waals surface area contributed by atoms with E-state index < -0.39 is 12.0 Å². The molecule has 1 aliphatic rings. The van der Waals surface area contributed by atoms with Crippen molar-refractivity contribution in [2.75, 3.05) is 18.6 Å². The van der Waals surface area contributed by atoms with Gasteiger partial charge in [0, 0.05) is 17.0 Å². The Hall–Kier alpha value is -2.38. The van der Waals surface area contributed by atoms with E-state index in [1.54, 1.807) is 7.11 Å². The highest BCUT2D eigenvalue weighted by Gasteiger charge is 2.34. The molecular weight excluding hydrogens is 386 g/mol. The van der Waals surface area contributed by atoms with Crippen LogP contribution in [0.3, 0.4) is 0 Å². The first kappa shape index (κ1) is 18.0. The number of fused-ring (bicyclic) bond motifs is 1. The molecule has 0 radical (unpaired) electrons. The highest BCUT2D eigenvalue weighted by atomic mass is 35.5. The minimum Gasteiger partial charge on any atom is -0.497 e. The van der Waals surface area contributed by atoms with E-state index in [4.69, 9.17) is 16.3 Å². The number of benzene rings is 1. The summed E-state index contributed by atoms with van der Waals surface area (Å²) in [7, 11) is 1.63. The molecule has 1 unspecified atom stereocenters. The van der Waals surface area contributed by atoms with Gasteiger partial charge >= 0.3 is 5.97 Å². The number of thiophene rings is 1. The number of nitrogens with zero attached hydrogens (tertiary/aromatic N) is 3. The first-order chi connectivity index (χ1) is 13.0. The van der Waals surface area contributed by atoms with Crippen molar-refractivity contribution < 1.29 is 14.6 Å². The lowest BCUT2D eigenvalue weighted by molar-refractivity contribution is -0.138. The highest BCUT2D eigenvalue weighted by molar-refractivity contribution is 7.19. The number of hydrogen-bond donors (Lipinski definition) is 1. The molecule has 1 N–H and O–H groups in total. The molecule has 0 aliphatic carbocycles. The molecule has 0 spiro atoms. The number of carbonyl (C=O) groups is 1. The Labute approximate surface area is 165 Å². The molecule has 6 nitrogen and oxygen atoms in total. The maximum atomic E-state index is 11.7. The van der Waals surface area contributed by atoms with Crippen molar-refractivity contribution in [1.29, 1.82) is 0 Å². The number of aryl methyl sites for hydroxylation is 1. The monoisotopic (exact) mass is 403 g/mol. The SMILES string of the molecule is COc1ccc(-c2c(C)sc3nc(Cl)nc(N4CCCC4C(=O)O)c23)cc1. The van der Waals surface area contributed by atoms with Gasteiger partial charge in [0.2, 0.25) is 5.28 Å². The van der Waals surface area contributed by atoms with E-state index in [2.05, 4.69) is 9.97 Å². The number of anilines is 1. The van der Waals surface area contributed by atoms with Crippen LogP contribution in [0.5, 0.6) is 5.75 Å². The van der Waals surface area contributed by atoms with E-state index in [1.807, 2.05) is 36.1 Å². The maximum absolute atomic E-state index is 11.7. The number of hydrogen-bond acceptors (Lipinski definition) is 6. The van der Waals surface area contributed by atoms with Crippen molar-refractivity contribution in [1.82, 2.24) is 9.97 Å². The van der Waals surface area contributed by atoms with Gasteiger partial charge in [-0.05, 0) is 49.1 Å². The predicted molar refractivity (Wildman–Crippen MR) is 107 cm³/mol. The van der Waals surface area contributed by atoms with Crippen LogP contribution in [0, 0.1) is 6.92 Å². The molecule has 1 fully saturated rings. The van der Waals surface area contributed by atoms with Crippen molar-refractivity contribution in [3.05, 3.63) is 34.4 Å². The minimum atomic E-state index is -0.840. The van der Waals surface area contributed by atoms with Gasteiger partial charge in [-0.1, -0.05) is 12.1 Å². The van der Waals surface area contributed by atoms with Crippen LogP contribution in [0.25, 0.3) is 21.3 Å². The van der Waals surface area contributed by atoms with Gasteiger partial charge in [-0.2, -0.15) is 4.98 Å². The Balaban J connectivity index is 1.95. The summed E-state index contributed by atoms with van der Waals surface area (Å²) in [6.07, 6.45) is 1.40. The molecule has 1 atom stereocenters. The summed E-state index contributed by atoms with van der Waals surface area (Å²) in [6, 6.07) is 7.20. The smallest absolute Gasteiger partial charge is 0.326 e. The van der Waals surface area contributed by atoms with Gasteiger partial charge in [-0.3, -0.25) is 0 Å². The number of aromatic nitrogens is 2. The quantitative estimate of drug-likeness (QED) is 0.651. The maximum Gasteiger partial charge on any atom is 0.326 e. The molecule has 4 rings (SSSR count). The van der Waals surface area contributed by atoms with E-state index in [-0.39, 0.29) is 5.28 Å². The van der Waals surface area contributed by atoms with Crippen molar-refractivity contribution in [2.45, 2.75) is 25.8 Å². The van der Waals surface area contributed by atoms with Gasteiger partial charge in [0.15, 0.2) is 0 Å². The van der Waals surface area contributed by atoms with E-state index in [9.17, 15) is 9.90 Å².